The first-order chi connectivity index (χ1) is 20.9. The summed E-state index contributed by atoms with van der Waals surface area (Å²) >= 11 is 1.59. The fourth-order valence-electron chi connectivity index (χ4n) is 4.03. The number of hydrogen-bond acceptors (Lipinski definition) is 8. The van der Waals surface area contributed by atoms with Crippen molar-refractivity contribution >= 4 is 40.8 Å². The molecule has 43 heavy (non-hydrogen) atoms. The molecule has 4 rings (SSSR count). The Morgan fingerprint density at radius 2 is 1.63 bits per heavy atom. The van der Waals surface area contributed by atoms with E-state index < -0.39 is 24.2 Å². The van der Waals surface area contributed by atoms with E-state index in [0.717, 1.165) is 4.90 Å². The van der Waals surface area contributed by atoms with Gasteiger partial charge in [0, 0.05) is 22.2 Å². The van der Waals surface area contributed by atoms with Crippen molar-refractivity contribution in [1.82, 2.24) is 0 Å². The zero-order chi connectivity index (χ0) is 30.4. The van der Waals surface area contributed by atoms with E-state index in [1.54, 1.807) is 84.6 Å². The Labute approximate surface area is 254 Å². The van der Waals surface area contributed by atoms with Crippen molar-refractivity contribution in [2.45, 2.75) is 17.1 Å². The van der Waals surface area contributed by atoms with E-state index >= 15 is 0 Å². The minimum Gasteiger partial charge on any atom is -0.491 e. The monoisotopic (exact) mass is 599 g/mol. The van der Waals surface area contributed by atoms with Crippen molar-refractivity contribution < 1.29 is 28.9 Å². The molecule has 0 aliphatic rings. The molecule has 4 aromatic carbocycles. The Morgan fingerprint density at radius 1 is 0.907 bits per heavy atom. The standard InChI is InChI=1S/C33H33N3O6S/c1-43-27-16-14-24(15-17-27)35-33(39)42-32(23-8-7-11-26(22-23)40-21-20-37)30(41-25-9-3-2-4-10-25)18-19-31(38)36-29-13-6-5-12-28(29)34/h2-19,22,30,32,37H,20-21,34H2,1H3,(H,35,39)(H,36,38)/b19-18+/t30-,32-/m1/s1. The molecule has 0 heterocycles. The molecular formula is C33H33N3O6S. The Kier molecular flexibility index (Phi) is 11.5. The Balaban J connectivity index is 1.65. The second-order valence-corrected chi connectivity index (χ2v) is 10.0. The average Bonchev–Trinajstić information content (AvgIpc) is 3.03. The van der Waals surface area contributed by atoms with Gasteiger partial charge >= 0.3 is 6.09 Å². The maximum atomic E-state index is 13.2. The largest absolute Gasteiger partial charge is 0.491 e. The van der Waals surface area contributed by atoms with Crippen LogP contribution >= 0.6 is 11.8 Å². The molecule has 10 heteroatoms. The third kappa shape index (κ3) is 9.56. The number of thioether (sulfide) groups is 1. The van der Waals surface area contributed by atoms with E-state index in [-0.39, 0.29) is 13.2 Å². The third-order valence-electron chi connectivity index (χ3n) is 6.09. The van der Waals surface area contributed by atoms with E-state index in [9.17, 15) is 14.7 Å². The maximum Gasteiger partial charge on any atom is 0.412 e. The highest BCUT2D eigenvalue weighted by Gasteiger charge is 2.28. The summed E-state index contributed by atoms with van der Waals surface area (Å²) in [6.07, 6.45) is 2.11. The van der Waals surface area contributed by atoms with Crippen LogP contribution in [0.25, 0.3) is 0 Å². The number of hydrogen-bond donors (Lipinski definition) is 4. The number of aliphatic hydroxyl groups excluding tert-OH is 1. The molecule has 0 unspecified atom stereocenters. The minimum atomic E-state index is -1.02. The molecule has 0 aliphatic heterocycles. The number of para-hydroxylation sites is 3. The summed E-state index contributed by atoms with van der Waals surface area (Å²) in [6, 6.07) is 30.2. The van der Waals surface area contributed by atoms with E-state index in [2.05, 4.69) is 10.6 Å². The molecule has 0 aromatic heterocycles. The van der Waals surface area contributed by atoms with Gasteiger partial charge < -0.3 is 30.4 Å². The summed E-state index contributed by atoms with van der Waals surface area (Å²) in [5.41, 5.74) is 7.96. The SMILES string of the molecule is CSc1ccc(NC(=O)O[C@H](c2cccc(OCCO)c2)[C@@H](/C=C/C(=O)Nc2ccccc2N)Oc2ccccc2)cc1. The van der Waals surface area contributed by atoms with Gasteiger partial charge in [0.25, 0.3) is 0 Å². The van der Waals surface area contributed by atoms with E-state index in [1.165, 1.54) is 12.2 Å². The highest BCUT2D eigenvalue weighted by Crippen LogP contribution is 2.30. The van der Waals surface area contributed by atoms with Crippen LogP contribution in [0.1, 0.15) is 11.7 Å². The fraction of sp³-hybridized carbons (Fsp3) is 0.152. The minimum absolute atomic E-state index is 0.0914. The lowest BCUT2D eigenvalue weighted by Crippen LogP contribution is -2.30. The molecular weight excluding hydrogens is 566 g/mol. The number of nitrogens with two attached hydrogens (primary N) is 1. The predicted octanol–water partition coefficient (Wildman–Crippen LogP) is 6.29. The predicted molar refractivity (Wildman–Crippen MR) is 170 cm³/mol. The molecule has 9 nitrogen and oxygen atoms in total. The molecule has 222 valence electrons. The second-order valence-electron chi connectivity index (χ2n) is 9.16. The number of carbonyl (C=O) groups excluding carboxylic acids is 2. The summed E-state index contributed by atoms with van der Waals surface area (Å²) in [6.45, 7) is -0.0699. The first kappa shape index (κ1) is 31.0. The van der Waals surface area contributed by atoms with Gasteiger partial charge in [-0.3, -0.25) is 10.1 Å². The number of anilines is 3. The van der Waals surface area contributed by atoms with Crippen molar-refractivity contribution in [2.24, 2.45) is 0 Å². The first-order valence-corrected chi connectivity index (χ1v) is 14.7. The number of carbonyl (C=O) groups is 2. The zero-order valence-electron chi connectivity index (χ0n) is 23.5. The molecule has 0 bridgehead atoms. The van der Waals surface area contributed by atoms with Crippen molar-refractivity contribution in [1.29, 1.82) is 0 Å². The Hall–Kier alpha value is -4.93. The van der Waals surface area contributed by atoms with Gasteiger partial charge in [0.05, 0.1) is 18.0 Å². The lowest BCUT2D eigenvalue weighted by molar-refractivity contribution is -0.112. The molecule has 2 atom stereocenters. The van der Waals surface area contributed by atoms with Gasteiger partial charge in [-0.05, 0) is 73.0 Å². The van der Waals surface area contributed by atoms with Crippen LogP contribution in [-0.4, -0.2) is 42.7 Å². The quantitative estimate of drug-likeness (QED) is 0.0801. The summed E-state index contributed by atoms with van der Waals surface area (Å²) < 4.78 is 17.8. The number of nitrogen functional groups attached to an aromatic ring is 1. The molecule has 2 amide bonds. The van der Waals surface area contributed by atoms with Crippen LogP contribution in [0.5, 0.6) is 11.5 Å². The molecule has 5 N–H and O–H groups in total. The summed E-state index contributed by atoms with van der Waals surface area (Å²) in [5.74, 6) is 0.517. The normalized spacial score (nSPS) is 12.2. The Morgan fingerprint density at radius 3 is 2.35 bits per heavy atom. The van der Waals surface area contributed by atoms with Gasteiger partial charge in [0.15, 0.2) is 12.2 Å². The summed E-state index contributed by atoms with van der Waals surface area (Å²) in [5, 5.41) is 14.7. The van der Waals surface area contributed by atoms with Crippen molar-refractivity contribution in [3.05, 3.63) is 121 Å². The summed E-state index contributed by atoms with van der Waals surface area (Å²) in [4.78, 5) is 27.1. The van der Waals surface area contributed by atoms with Crippen LogP contribution in [0, 0.1) is 0 Å². The van der Waals surface area contributed by atoms with Crippen LogP contribution < -0.4 is 25.8 Å². The van der Waals surface area contributed by atoms with Crippen molar-refractivity contribution in [3.8, 4) is 11.5 Å². The number of aliphatic hydroxyl groups is 1. The van der Waals surface area contributed by atoms with Gasteiger partial charge in [0.2, 0.25) is 5.91 Å². The van der Waals surface area contributed by atoms with Crippen LogP contribution in [0.15, 0.2) is 120 Å². The third-order valence-corrected chi connectivity index (χ3v) is 6.83. The van der Waals surface area contributed by atoms with Gasteiger partial charge in [-0.15, -0.1) is 11.8 Å². The number of ether oxygens (including phenoxy) is 3. The fourth-order valence-corrected chi connectivity index (χ4v) is 4.44. The average molecular weight is 600 g/mol. The van der Waals surface area contributed by atoms with Crippen molar-refractivity contribution in [2.75, 3.05) is 35.8 Å². The summed E-state index contributed by atoms with van der Waals surface area (Å²) in [7, 11) is 0. The van der Waals surface area contributed by atoms with E-state index in [1.807, 2.05) is 36.6 Å². The molecule has 4 aromatic rings. The van der Waals surface area contributed by atoms with E-state index in [4.69, 9.17) is 19.9 Å². The zero-order valence-corrected chi connectivity index (χ0v) is 24.3. The molecule has 0 radical (unpaired) electrons. The van der Waals surface area contributed by atoms with Gasteiger partial charge in [-0.25, -0.2) is 4.79 Å². The smallest absolute Gasteiger partial charge is 0.412 e. The maximum absolute atomic E-state index is 13.2. The molecule has 0 saturated carbocycles. The second kappa shape index (κ2) is 15.9. The highest BCUT2D eigenvalue weighted by atomic mass is 32.2. The molecule has 0 aliphatic carbocycles. The molecule has 0 fully saturated rings. The topological polar surface area (TPSA) is 132 Å². The van der Waals surface area contributed by atoms with Crippen molar-refractivity contribution in [3.63, 3.8) is 0 Å². The molecule has 0 saturated heterocycles. The van der Waals surface area contributed by atoms with Gasteiger partial charge in [-0.1, -0.05) is 42.5 Å². The number of benzene rings is 4. The lowest BCUT2D eigenvalue weighted by atomic mass is 10.0. The number of nitrogens with one attached hydrogen (secondary N) is 2. The number of amides is 2. The van der Waals surface area contributed by atoms with E-state index in [0.29, 0.717) is 34.1 Å². The first-order valence-electron chi connectivity index (χ1n) is 13.5. The number of rotatable bonds is 13. The van der Waals surface area contributed by atoms with Crippen LogP contribution in [0.2, 0.25) is 0 Å². The Bertz CT molecular complexity index is 1510. The van der Waals surface area contributed by atoms with Crippen LogP contribution in [-0.2, 0) is 9.53 Å². The molecule has 0 spiro atoms. The van der Waals surface area contributed by atoms with Gasteiger partial charge in [0.1, 0.15) is 18.1 Å². The highest BCUT2D eigenvalue weighted by molar-refractivity contribution is 7.98. The van der Waals surface area contributed by atoms with Crippen LogP contribution in [0.3, 0.4) is 0 Å². The van der Waals surface area contributed by atoms with Crippen LogP contribution in [0.4, 0.5) is 21.9 Å². The van der Waals surface area contributed by atoms with Gasteiger partial charge in [-0.2, -0.15) is 0 Å². The lowest BCUT2D eigenvalue weighted by Gasteiger charge is -2.26.